The van der Waals surface area contributed by atoms with E-state index in [1.165, 1.54) is 103 Å². The van der Waals surface area contributed by atoms with Gasteiger partial charge in [-0.1, -0.05) is 118 Å². The Hall–Kier alpha value is -0.0400. The van der Waals surface area contributed by atoms with Crippen LogP contribution in [0.2, 0.25) is 0 Å². The van der Waals surface area contributed by atoms with Crippen LogP contribution in [0.5, 0.6) is 0 Å². The molecule has 25 heavy (non-hydrogen) atoms. The predicted octanol–water partition coefficient (Wildman–Crippen LogP) is 8.29. The zero-order valence-corrected chi connectivity index (χ0v) is 18.2. The number of aliphatic hydroxyl groups excluding tert-OH is 1. The number of hydrogen-bond donors (Lipinski definition) is 1. The first-order valence-electron chi connectivity index (χ1n) is 11.8. The molecular formula is C24H50O. The van der Waals surface area contributed by atoms with Crippen LogP contribution in [-0.4, -0.2) is 11.2 Å². The summed E-state index contributed by atoms with van der Waals surface area (Å²) < 4.78 is 0. The van der Waals surface area contributed by atoms with E-state index in [-0.39, 0.29) is 6.10 Å². The van der Waals surface area contributed by atoms with Crippen LogP contribution in [0.25, 0.3) is 0 Å². The number of rotatable bonds is 19. The van der Waals surface area contributed by atoms with Crippen LogP contribution in [0.15, 0.2) is 0 Å². The highest BCUT2D eigenvalue weighted by Gasteiger charge is 2.18. The molecule has 0 heterocycles. The second-order valence-corrected chi connectivity index (χ2v) is 8.77. The first kappa shape index (κ1) is 25.0. The molecule has 0 aromatic heterocycles. The van der Waals surface area contributed by atoms with Crippen molar-refractivity contribution in [1.29, 1.82) is 0 Å². The Balaban J connectivity index is 3.77. The van der Waals surface area contributed by atoms with Gasteiger partial charge in [0.05, 0.1) is 6.10 Å². The van der Waals surface area contributed by atoms with Crippen molar-refractivity contribution >= 4 is 0 Å². The van der Waals surface area contributed by atoms with E-state index in [9.17, 15) is 5.11 Å². The van der Waals surface area contributed by atoms with Crippen LogP contribution >= 0.6 is 0 Å². The first-order chi connectivity index (χ1) is 12.1. The van der Waals surface area contributed by atoms with E-state index in [2.05, 4.69) is 27.7 Å². The number of unbranched alkanes of at least 4 members (excludes halogenated alkanes) is 10. The molecule has 0 amide bonds. The smallest absolute Gasteiger partial charge is 0.0568 e. The molecule has 0 bridgehead atoms. The van der Waals surface area contributed by atoms with E-state index >= 15 is 0 Å². The van der Waals surface area contributed by atoms with Crippen molar-refractivity contribution in [2.45, 2.75) is 143 Å². The van der Waals surface area contributed by atoms with Gasteiger partial charge in [-0.25, -0.2) is 0 Å². The van der Waals surface area contributed by atoms with Gasteiger partial charge in [0.25, 0.3) is 0 Å². The highest BCUT2D eigenvalue weighted by atomic mass is 16.3. The van der Waals surface area contributed by atoms with Crippen molar-refractivity contribution in [1.82, 2.24) is 0 Å². The van der Waals surface area contributed by atoms with Gasteiger partial charge >= 0.3 is 0 Å². The summed E-state index contributed by atoms with van der Waals surface area (Å²) >= 11 is 0. The molecular weight excluding hydrogens is 304 g/mol. The molecule has 1 N–H and O–H groups in total. The van der Waals surface area contributed by atoms with Crippen LogP contribution in [0.3, 0.4) is 0 Å². The van der Waals surface area contributed by atoms with Crippen LogP contribution in [0.4, 0.5) is 0 Å². The normalized spacial score (nSPS) is 14.2. The SMILES string of the molecule is CCCCCCCCCCCCC(CCCC(C)C)C(O)CCCC. The summed E-state index contributed by atoms with van der Waals surface area (Å²) in [6.07, 6.45) is 22.5. The van der Waals surface area contributed by atoms with Crippen molar-refractivity contribution < 1.29 is 5.11 Å². The Labute approximate surface area is 160 Å². The summed E-state index contributed by atoms with van der Waals surface area (Å²) in [4.78, 5) is 0. The molecule has 0 rings (SSSR count). The molecule has 0 aromatic rings. The van der Waals surface area contributed by atoms with Gasteiger partial charge in [0.15, 0.2) is 0 Å². The molecule has 2 atom stereocenters. The van der Waals surface area contributed by atoms with Crippen molar-refractivity contribution in [2.24, 2.45) is 11.8 Å². The largest absolute Gasteiger partial charge is 0.393 e. The van der Waals surface area contributed by atoms with Crippen molar-refractivity contribution in [3.63, 3.8) is 0 Å². The van der Waals surface area contributed by atoms with E-state index in [0.29, 0.717) is 5.92 Å². The molecule has 0 aliphatic heterocycles. The lowest BCUT2D eigenvalue weighted by molar-refractivity contribution is 0.0830. The molecule has 0 fully saturated rings. The molecule has 0 saturated heterocycles. The van der Waals surface area contributed by atoms with Gasteiger partial charge in [0.1, 0.15) is 0 Å². The topological polar surface area (TPSA) is 20.2 Å². The fourth-order valence-corrected chi connectivity index (χ4v) is 3.86. The standard InChI is InChI=1S/C24H50O/c1-5-7-9-10-11-12-13-14-15-16-19-23(20-17-18-22(3)4)24(25)21-8-6-2/h22-25H,5-21H2,1-4H3. The summed E-state index contributed by atoms with van der Waals surface area (Å²) in [7, 11) is 0. The van der Waals surface area contributed by atoms with Crippen molar-refractivity contribution in [2.75, 3.05) is 0 Å². The lowest BCUT2D eigenvalue weighted by Crippen LogP contribution is -2.20. The summed E-state index contributed by atoms with van der Waals surface area (Å²) in [5, 5.41) is 10.5. The minimum atomic E-state index is -0.0503. The first-order valence-corrected chi connectivity index (χ1v) is 11.8. The molecule has 0 radical (unpaired) electrons. The molecule has 2 unspecified atom stereocenters. The Morgan fingerprint density at radius 1 is 0.520 bits per heavy atom. The molecule has 1 nitrogen and oxygen atoms in total. The maximum Gasteiger partial charge on any atom is 0.0568 e. The maximum absolute atomic E-state index is 10.5. The maximum atomic E-state index is 10.5. The highest BCUT2D eigenvalue weighted by Crippen LogP contribution is 2.25. The molecule has 0 aromatic carbocycles. The summed E-state index contributed by atoms with van der Waals surface area (Å²) in [5.41, 5.74) is 0. The Kier molecular flexibility index (Phi) is 18.7. The minimum absolute atomic E-state index is 0.0503. The third-order valence-corrected chi connectivity index (χ3v) is 5.68. The average molecular weight is 355 g/mol. The second kappa shape index (κ2) is 18.7. The Morgan fingerprint density at radius 2 is 1.00 bits per heavy atom. The lowest BCUT2D eigenvalue weighted by atomic mass is 9.87. The monoisotopic (exact) mass is 354 g/mol. The van der Waals surface area contributed by atoms with E-state index in [4.69, 9.17) is 0 Å². The molecule has 152 valence electrons. The van der Waals surface area contributed by atoms with Crippen LogP contribution in [0, 0.1) is 11.8 Å². The quantitative estimate of drug-likeness (QED) is 0.231. The van der Waals surface area contributed by atoms with E-state index < -0.39 is 0 Å². The lowest BCUT2D eigenvalue weighted by Gasteiger charge is -2.23. The van der Waals surface area contributed by atoms with Gasteiger partial charge in [-0.3, -0.25) is 0 Å². The van der Waals surface area contributed by atoms with E-state index in [1.54, 1.807) is 0 Å². The summed E-state index contributed by atoms with van der Waals surface area (Å²) in [5.74, 6) is 1.35. The minimum Gasteiger partial charge on any atom is -0.393 e. The van der Waals surface area contributed by atoms with Crippen LogP contribution in [0.1, 0.15) is 137 Å². The number of hydrogen-bond acceptors (Lipinski definition) is 1. The van der Waals surface area contributed by atoms with Crippen LogP contribution < -0.4 is 0 Å². The summed E-state index contributed by atoms with van der Waals surface area (Å²) in [6.45, 7) is 9.13. The zero-order chi connectivity index (χ0) is 18.8. The molecule has 1 heteroatoms. The fourth-order valence-electron chi connectivity index (χ4n) is 3.86. The van der Waals surface area contributed by atoms with Gasteiger partial charge in [-0.15, -0.1) is 0 Å². The summed E-state index contributed by atoms with van der Waals surface area (Å²) in [6, 6.07) is 0. The number of aliphatic hydroxyl groups is 1. The van der Waals surface area contributed by atoms with Gasteiger partial charge in [-0.05, 0) is 31.1 Å². The van der Waals surface area contributed by atoms with E-state index in [0.717, 1.165) is 12.3 Å². The Bertz CT molecular complexity index is 248. The zero-order valence-electron chi connectivity index (χ0n) is 18.2. The Morgan fingerprint density at radius 3 is 1.52 bits per heavy atom. The molecule has 0 spiro atoms. The van der Waals surface area contributed by atoms with Crippen molar-refractivity contribution in [3.05, 3.63) is 0 Å². The fraction of sp³-hybridized carbons (Fsp3) is 1.00. The third kappa shape index (κ3) is 17.1. The van der Waals surface area contributed by atoms with Gasteiger partial charge < -0.3 is 5.11 Å². The molecule has 0 aliphatic carbocycles. The second-order valence-electron chi connectivity index (χ2n) is 8.77. The van der Waals surface area contributed by atoms with Crippen LogP contribution in [-0.2, 0) is 0 Å². The van der Waals surface area contributed by atoms with Gasteiger partial charge in [-0.2, -0.15) is 0 Å². The molecule has 0 saturated carbocycles. The third-order valence-electron chi connectivity index (χ3n) is 5.68. The highest BCUT2D eigenvalue weighted by molar-refractivity contribution is 4.70. The average Bonchev–Trinajstić information content (AvgIpc) is 2.59. The predicted molar refractivity (Wildman–Crippen MR) is 114 cm³/mol. The van der Waals surface area contributed by atoms with E-state index in [1.807, 2.05) is 0 Å². The van der Waals surface area contributed by atoms with Gasteiger partial charge in [0, 0.05) is 0 Å². The van der Waals surface area contributed by atoms with Crippen molar-refractivity contribution in [3.8, 4) is 0 Å². The van der Waals surface area contributed by atoms with Gasteiger partial charge in [0.2, 0.25) is 0 Å². The molecule has 0 aliphatic rings.